The van der Waals surface area contributed by atoms with Crippen molar-refractivity contribution in [2.75, 3.05) is 0 Å². The molecule has 3 nitrogen and oxygen atoms in total. The number of hydrogen-bond donors (Lipinski definition) is 1. The van der Waals surface area contributed by atoms with Crippen LogP contribution < -0.4 is 4.72 Å². The molecule has 0 aromatic heterocycles. The molecular weight excluding hydrogens is 294 g/mol. The third kappa shape index (κ3) is 3.54. The fourth-order valence-corrected chi connectivity index (χ4v) is 4.54. The Morgan fingerprint density at radius 3 is 2.30 bits per heavy atom. The summed E-state index contributed by atoms with van der Waals surface area (Å²) in [7, 11) is -3.46. The smallest absolute Gasteiger partial charge is 0.208 e. The second-order valence-corrected chi connectivity index (χ2v) is 8.03. The van der Waals surface area contributed by atoms with Gasteiger partial charge in [0.2, 0.25) is 10.0 Å². The average molecular weight is 316 g/mol. The maximum absolute atomic E-state index is 12.5. The highest BCUT2D eigenvalue weighted by atomic mass is 35.5. The van der Waals surface area contributed by atoms with E-state index in [1.807, 2.05) is 6.92 Å². The van der Waals surface area contributed by atoms with Gasteiger partial charge in [0, 0.05) is 11.1 Å². The molecular formula is C15H22ClNO2S. The molecule has 0 radical (unpaired) electrons. The molecule has 0 saturated heterocycles. The Bertz CT molecular complexity index is 590. The SMILES string of the molecule is Cc1cc(S(=O)(=O)NC2CCC(C)CC2)c(C)cc1Cl. The van der Waals surface area contributed by atoms with Gasteiger partial charge in [0.1, 0.15) is 0 Å². The second-order valence-electron chi connectivity index (χ2n) is 5.94. The monoisotopic (exact) mass is 315 g/mol. The first-order chi connectivity index (χ1) is 9.29. The van der Waals surface area contributed by atoms with Gasteiger partial charge in [-0.05, 0) is 68.7 Å². The molecule has 20 heavy (non-hydrogen) atoms. The molecule has 1 aliphatic rings. The molecule has 0 spiro atoms. The standard InChI is InChI=1S/C15H22ClNO2S/c1-10-4-6-13(7-5-10)17-20(18,19)15-9-11(2)14(16)8-12(15)3/h8-10,13,17H,4-7H2,1-3H3. The zero-order valence-corrected chi connectivity index (χ0v) is 13.8. The molecule has 1 fully saturated rings. The molecule has 1 aliphatic carbocycles. The minimum atomic E-state index is -3.46. The second kappa shape index (κ2) is 6.04. The lowest BCUT2D eigenvalue weighted by Gasteiger charge is -2.27. The third-order valence-corrected chi connectivity index (χ3v) is 6.15. The van der Waals surface area contributed by atoms with E-state index in [0.717, 1.165) is 31.2 Å². The van der Waals surface area contributed by atoms with E-state index >= 15 is 0 Å². The van der Waals surface area contributed by atoms with Gasteiger partial charge in [-0.15, -0.1) is 0 Å². The van der Waals surface area contributed by atoms with Crippen molar-refractivity contribution in [1.29, 1.82) is 0 Å². The summed E-state index contributed by atoms with van der Waals surface area (Å²) in [6, 6.07) is 3.44. The molecule has 1 saturated carbocycles. The topological polar surface area (TPSA) is 46.2 Å². The lowest BCUT2D eigenvalue weighted by atomic mass is 9.88. The molecule has 5 heteroatoms. The fraction of sp³-hybridized carbons (Fsp3) is 0.600. The highest BCUT2D eigenvalue weighted by Crippen LogP contribution is 2.27. The normalized spacial score (nSPS) is 23.8. The fourth-order valence-electron chi connectivity index (χ4n) is 2.70. The number of halogens is 1. The number of rotatable bonds is 3. The minimum absolute atomic E-state index is 0.0617. The van der Waals surface area contributed by atoms with Crippen LogP contribution in [0.2, 0.25) is 5.02 Å². The molecule has 2 rings (SSSR count). The van der Waals surface area contributed by atoms with Gasteiger partial charge < -0.3 is 0 Å². The highest BCUT2D eigenvalue weighted by molar-refractivity contribution is 7.89. The third-order valence-electron chi connectivity index (χ3n) is 4.08. The van der Waals surface area contributed by atoms with E-state index in [2.05, 4.69) is 11.6 Å². The number of hydrogen-bond acceptors (Lipinski definition) is 2. The van der Waals surface area contributed by atoms with Crippen molar-refractivity contribution in [3.8, 4) is 0 Å². The Morgan fingerprint density at radius 2 is 1.70 bits per heavy atom. The average Bonchev–Trinajstić information content (AvgIpc) is 2.36. The molecule has 1 N–H and O–H groups in total. The van der Waals surface area contributed by atoms with Gasteiger partial charge in [-0.3, -0.25) is 0 Å². The van der Waals surface area contributed by atoms with E-state index in [-0.39, 0.29) is 6.04 Å². The highest BCUT2D eigenvalue weighted by Gasteiger charge is 2.25. The summed E-state index contributed by atoms with van der Waals surface area (Å²) in [5.41, 5.74) is 1.48. The van der Waals surface area contributed by atoms with Crippen LogP contribution in [0.15, 0.2) is 17.0 Å². The van der Waals surface area contributed by atoms with Crippen molar-refractivity contribution in [2.45, 2.75) is 57.4 Å². The summed E-state index contributed by atoms with van der Waals surface area (Å²) in [4.78, 5) is 0.345. The maximum Gasteiger partial charge on any atom is 0.241 e. The van der Waals surface area contributed by atoms with Crippen LogP contribution in [0, 0.1) is 19.8 Å². The van der Waals surface area contributed by atoms with Crippen LogP contribution in [0.25, 0.3) is 0 Å². The zero-order chi connectivity index (χ0) is 14.9. The van der Waals surface area contributed by atoms with Gasteiger partial charge in [0.25, 0.3) is 0 Å². The Balaban J connectivity index is 2.20. The Labute approximate surface area is 126 Å². The van der Waals surface area contributed by atoms with E-state index in [4.69, 9.17) is 11.6 Å². The molecule has 0 unspecified atom stereocenters. The molecule has 0 atom stereocenters. The Morgan fingerprint density at radius 1 is 1.10 bits per heavy atom. The molecule has 1 aromatic rings. The van der Waals surface area contributed by atoms with E-state index in [1.54, 1.807) is 19.1 Å². The van der Waals surface area contributed by atoms with Crippen LogP contribution in [0.4, 0.5) is 0 Å². The predicted octanol–water partition coefficient (Wildman–Crippen LogP) is 3.81. The van der Waals surface area contributed by atoms with Crippen molar-refractivity contribution in [3.63, 3.8) is 0 Å². The van der Waals surface area contributed by atoms with E-state index in [1.165, 1.54) is 0 Å². The number of nitrogens with one attached hydrogen (secondary N) is 1. The quantitative estimate of drug-likeness (QED) is 0.921. The summed E-state index contributed by atoms with van der Waals surface area (Å²) >= 11 is 6.03. The minimum Gasteiger partial charge on any atom is -0.208 e. The number of sulfonamides is 1. The van der Waals surface area contributed by atoms with Gasteiger partial charge in [0.15, 0.2) is 0 Å². The van der Waals surface area contributed by atoms with Crippen LogP contribution in [0.1, 0.15) is 43.7 Å². The molecule has 1 aromatic carbocycles. The lowest BCUT2D eigenvalue weighted by molar-refractivity contribution is 0.332. The number of aryl methyl sites for hydroxylation is 2. The van der Waals surface area contributed by atoms with Crippen molar-refractivity contribution >= 4 is 21.6 Å². The zero-order valence-electron chi connectivity index (χ0n) is 12.2. The summed E-state index contributed by atoms with van der Waals surface area (Å²) in [6.07, 6.45) is 4.02. The summed E-state index contributed by atoms with van der Waals surface area (Å²) in [5.74, 6) is 0.704. The van der Waals surface area contributed by atoms with E-state index < -0.39 is 10.0 Å². The molecule has 0 aliphatic heterocycles. The lowest BCUT2D eigenvalue weighted by Crippen LogP contribution is -2.37. The van der Waals surface area contributed by atoms with Crippen molar-refractivity contribution in [1.82, 2.24) is 4.72 Å². The van der Waals surface area contributed by atoms with Gasteiger partial charge >= 0.3 is 0 Å². The van der Waals surface area contributed by atoms with Gasteiger partial charge in [-0.2, -0.15) is 0 Å². The van der Waals surface area contributed by atoms with Crippen LogP contribution >= 0.6 is 11.6 Å². The summed E-state index contributed by atoms with van der Waals surface area (Å²) in [5, 5.41) is 0.605. The number of benzene rings is 1. The van der Waals surface area contributed by atoms with E-state index in [0.29, 0.717) is 21.4 Å². The first-order valence-corrected chi connectivity index (χ1v) is 8.95. The maximum atomic E-state index is 12.5. The van der Waals surface area contributed by atoms with Crippen LogP contribution in [0.5, 0.6) is 0 Å². The van der Waals surface area contributed by atoms with Crippen LogP contribution in [-0.4, -0.2) is 14.5 Å². The van der Waals surface area contributed by atoms with Gasteiger partial charge in [0.05, 0.1) is 4.90 Å². The first kappa shape index (κ1) is 15.8. The molecule has 112 valence electrons. The van der Waals surface area contributed by atoms with Crippen molar-refractivity contribution < 1.29 is 8.42 Å². The van der Waals surface area contributed by atoms with Crippen molar-refractivity contribution in [2.24, 2.45) is 5.92 Å². The van der Waals surface area contributed by atoms with E-state index in [9.17, 15) is 8.42 Å². The first-order valence-electron chi connectivity index (χ1n) is 7.08. The molecule has 0 heterocycles. The Hall–Kier alpha value is -0.580. The van der Waals surface area contributed by atoms with Gasteiger partial charge in [-0.25, -0.2) is 13.1 Å². The van der Waals surface area contributed by atoms with Crippen LogP contribution in [-0.2, 0) is 10.0 Å². The van der Waals surface area contributed by atoms with Crippen molar-refractivity contribution in [3.05, 3.63) is 28.3 Å². The largest absolute Gasteiger partial charge is 0.241 e. The summed E-state index contributed by atoms with van der Waals surface area (Å²) < 4.78 is 27.9. The summed E-state index contributed by atoms with van der Waals surface area (Å²) in [6.45, 7) is 5.82. The molecule has 0 bridgehead atoms. The predicted molar refractivity (Wildman–Crippen MR) is 82.7 cm³/mol. The van der Waals surface area contributed by atoms with Gasteiger partial charge in [-0.1, -0.05) is 18.5 Å². The molecule has 0 amide bonds. The van der Waals surface area contributed by atoms with Crippen LogP contribution in [0.3, 0.4) is 0 Å². The Kier molecular flexibility index (Phi) is 4.77.